The molecule has 2 aromatic heterocycles. The number of rotatable bonds is 5. The summed E-state index contributed by atoms with van der Waals surface area (Å²) in [5.74, 6) is 0.432. The van der Waals surface area contributed by atoms with Gasteiger partial charge in [0.15, 0.2) is 5.82 Å². The molecule has 0 spiro atoms. The predicted octanol–water partition coefficient (Wildman–Crippen LogP) is 2.77. The second-order valence-electron chi connectivity index (χ2n) is 10.8. The van der Waals surface area contributed by atoms with Crippen LogP contribution in [0, 0.1) is 5.92 Å². The molecule has 2 N–H and O–H groups in total. The van der Waals surface area contributed by atoms with Crippen molar-refractivity contribution in [2.75, 3.05) is 13.1 Å². The topological polar surface area (TPSA) is 131 Å². The Bertz CT molecular complexity index is 1430. The molecule has 0 fully saturated rings. The van der Waals surface area contributed by atoms with Crippen molar-refractivity contribution in [3.05, 3.63) is 70.4 Å². The lowest BCUT2D eigenvalue weighted by Gasteiger charge is -2.26. The Kier molecular flexibility index (Phi) is 9.69. The van der Waals surface area contributed by atoms with E-state index in [0.29, 0.717) is 49.7 Å². The van der Waals surface area contributed by atoms with Crippen LogP contribution in [-0.4, -0.2) is 61.1 Å². The van der Waals surface area contributed by atoms with E-state index in [4.69, 9.17) is 10.1 Å². The fourth-order valence-corrected chi connectivity index (χ4v) is 4.94. The molecule has 2 atom stereocenters. The van der Waals surface area contributed by atoms with Gasteiger partial charge in [0, 0.05) is 49.4 Å². The van der Waals surface area contributed by atoms with Gasteiger partial charge in [-0.25, -0.2) is 9.67 Å². The molecule has 11 nitrogen and oxygen atoms in total. The number of carbonyl (C=O) groups excluding carboxylic acids is 3. The van der Waals surface area contributed by atoms with Gasteiger partial charge in [0.05, 0.1) is 12.6 Å². The highest BCUT2D eigenvalue weighted by atomic mass is 16.2. The number of aryl methyl sites for hydroxylation is 1. The first-order chi connectivity index (χ1) is 19.7. The fraction of sp³-hybridized carbons (Fsp3) is 0.467. The second-order valence-corrected chi connectivity index (χ2v) is 10.8. The maximum Gasteiger partial charge on any atom is 0.254 e. The Morgan fingerprint density at radius 1 is 1.05 bits per heavy atom. The molecular formula is C30H39N7O4. The average molecular weight is 562 g/mol. The van der Waals surface area contributed by atoms with E-state index < -0.39 is 12.1 Å². The molecule has 0 unspecified atom stereocenters. The Morgan fingerprint density at radius 3 is 2.49 bits per heavy atom. The molecule has 3 amide bonds. The Labute approximate surface area is 240 Å². The van der Waals surface area contributed by atoms with E-state index in [2.05, 4.69) is 10.6 Å². The van der Waals surface area contributed by atoms with Gasteiger partial charge < -0.3 is 20.1 Å². The van der Waals surface area contributed by atoms with Gasteiger partial charge in [0.25, 0.3) is 11.5 Å². The van der Waals surface area contributed by atoms with Crippen molar-refractivity contribution in [2.45, 2.75) is 72.1 Å². The maximum absolute atomic E-state index is 13.6. The SMILES string of the molecule is CCn1ccc(C(=O)N2CCCC(=O)N[C@H](CC(C)C)C(=O)N[C@H](C)c3nc(-c4ccccc4)nn3CC2)cc1=O. The first-order valence-corrected chi connectivity index (χ1v) is 14.3. The molecule has 0 saturated heterocycles. The summed E-state index contributed by atoms with van der Waals surface area (Å²) in [6.07, 6.45) is 2.66. The maximum atomic E-state index is 13.6. The normalized spacial score (nSPS) is 18.8. The third kappa shape index (κ3) is 7.47. The van der Waals surface area contributed by atoms with Crippen LogP contribution in [0.3, 0.4) is 0 Å². The monoisotopic (exact) mass is 561 g/mol. The highest BCUT2D eigenvalue weighted by Gasteiger charge is 2.27. The van der Waals surface area contributed by atoms with E-state index in [-0.39, 0.29) is 42.2 Å². The summed E-state index contributed by atoms with van der Waals surface area (Å²) in [5, 5.41) is 10.6. The Morgan fingerprint density at radius 2 is 1.80 bits per heavy atom. The fourth-order valence-electron chi connectivity index (χ4n) is 4.94. The van der Waals surface area contributed by atoms with Gasteiger partial charge in [-0.15, -0.1) is 0 Å². The zero-order chi connectivity index (χ0) is 29.5. The van der Waals surface area contributed by atoms with Crippen LogP contribution in [0.5, 0.6) is 0 Å². The number of amides is 3. The third-order valence-electron chi connectivity index (χ3n) is 7.12. The number of carbonyl (C=O) groups is 3. The number of benzene rings is 1. The largest absolute Gasteiger partial charge is 0.345 e. The quantitative estimate of drug-likeness (QED) is 0.493. The molecule has 11 heteroatoms. The standard InChI is InChI=1S/C30H39N7O4/c1-5-35-15-13-23(19-26(35)39)30(41)36-14-9-12-25(38)32-24(18-20(2)3)29(40)31-21(4)28-33-27(34-37(28)17-16-36)22-10-7-6-8-11-22/h6-8,10-11,13,15,19-21,24H,5,9,12,14,16-18H2,1-4H3,(H,31,40)(H,32,38)/t21-,24-/m1/s1. The molecule has 1 aliphatic rings. The van der Waals surface area contributed by atoms with Gasteiger partial charge in [-0.2, -0.15) is 5.10 Å². The predicted molar refractivity (Wildman–Crippen MR) is 155 cm³/mol. The molecule has 0 bridgehead atoms. The van der Waals surface area contributed by atoms with Crippen LogP contribution in [0.1, 0.15) is 69.2 Å². The Balaban J connectivity index is 1.69. The van der Waals surface area contributed by atoms with Crippen molar-refractivity contribution in [1.29, 1.82) is 0 Å². The van der Waals surface area contributed by atoms with Crippen molar-refractivity contribution in [3.63, 3.8) is 0 Å². The summed E-state index contributed by atoms with van der Waals surface area (Å²) in [5.41, 5.74) is 0.886. The minimum Gasteiger partial charge on any atom is -0.345 e. The molecule has 218 valence electrons. The summed E-state index contributed by atoms with van der Waals surface area (Å²) in [7, 11) is 0. The lowest BCUT2D eigenvalue weighted by atomic mass is 10.0. The minimum absolute atomic E-state index is 0.158. The molecule has 1 aliphatic heterocycles. The summed E-state index contributed by atoms with van der Waals surface area (Å²) < 4.78 is 3.25. The van der Waals surface area contributed by atoms with E-state index >= 15 is 0 Å². The molecule has 0 saturated carbocycles. The van der Waals surface area contributed by atoms with Gasteiger partial charge in [0.1, 0.15) is 11.9 Å². The van der Waals surface area contributed by atoms with Crippen LogP contribution < -0.4 is 16.2 Å². The molecule has 4 rings (SSSR count). The summed E-state index contributed by atoms with van der Waals surface area (Å²) in [6.45, 7) is 9.10. The number of aromatic nitrogens is 4. The van der Waals surface area contributed by atoms with E-state index in [1.807, 2.05) is 58.0 Å². The number of nitrogens with zero attached hydrogens (tertiary/aromatic N) is 5. The van der Waals surface area contributed by atoms with Crippen molar-refractivity contribution < 1.29 is 14.4 Å². The summed E-state index contributed by atoms with van der Waals surface area (Å²) in [4.78, 5) is 58.5. The van der Waals surface area contributed by atoms with Crippen LogP contribution in [-0.2, 0) is 22.7 Å². The summed E-state index contributed by atoms with van der Waals surface area (Å²) in [6, 6.07) is 11.4. The van der Waals surface area contributed by atoms with E-state index in [1.54, 1.807) is 21.8 Å². The number of hydrogen-bond acceptors (Lipinski definition) is 6. The van der Waals surface area contributed by atoms with Gasteiger partial charge >= 0.3 is 0 Å². The average Bonchev–Trinajstić information content (AvgIpc) is 3.38. The molecule has 0 aliphatic carbocycles. The molecule has 3 aromatic rings. The highest BCUT2D eigenvalue weighted by Crippen LogP contribution is 2.20. The minimum atomic E-state index is -0.694. The van der Waals surface area contributed by atoms with Crippen LogP contribution >= 0.6 is 0 Å². The van der Waals surface area contributed by atoms with Crippen molar-refractivity contribution >= 4 is 17.7 Å². The number of fused-ring (bicyclic) bond motifs is 1. The Hall–Kier alpha value is -4.28. The van der Waals surface area contributed by atoms with Gasteiger partial charge in [-0.3, -0.25) is 19.2 Å². The van der Waals surface area contributed by atoms with Crippen molar-refractivity contribution in [2.24, 2.45) is 5.92 Å². The lowest BCUT2D eigenvalue weighted by Crippen LogP contribution is -2.48. The number of hydrogen-bond donors (Lipinski definition) is 2. The van der Waals surface area contributed by atoms with Crippen molar-refractivity contribution in [1.82, 2.24) is 34.9 Å². The van der Waals surface area contributed by atoms with Gasteiger partial charge in [-0.1, -0.05) is 44.2 Å². The van der Waals surface area contributed by atoms with E-state index in [0.717, 1.165) is 5.56 Å². The molecule has 0 radical (unpaired) electrons. The van der Waals surface area contributed by atoms with E-state index in [9.17, 15) is 19.2 Å². The molecule has 41 heavy (non-hydrogen) atoms. The van der Waals surface area contributed by atoms with E-state index in [1.165, 1.54) is 10.6 Å². The number of pyridine rings is 1. The van der Waals surface area contributed by atoms with Crippen LogP contribution in [0.15, 0.2) is 53.5 Å². The zero-order valence-electron chi connectivity index (χ0n) is 24.2. The smallest absolute Gasteiger partial charge is 0.254 e. The molecule has 1 aromatic carbocycles. The first kappa shape index (κ1) is 29.7. The van der Waals surface area contributed by atoms with Crippen LogP contribution in [0.4, 0.5) is 0 Å². The second kappa shape index (κ2) is 13.4. The third-order valence-corrected chi connectivity index (χ3v) is 7.12. The van der Waals surface area contributed by atoms with Crippen molar-refractivity contribution in [3.8, 4) is 11.4 Å². The molecular weight excluding hydrogens is 522 g/mol. The van der Waals surface area contributed by atoms with Crippen LogP contribution in [0.25, 0.3) is 11.4 Å². The summed E-state index contributed by atoms with van der Waals surface area (Å²) >= 11 is 0. The molecule has 3 heterocycles. The number of nitrogens with one attached hydrogen (secondary N) is 2. The van der Waals surface area contributed by atoms with Gasteiger partial charge in [0.2, 0.25) is 11.8 Å². The van der Waals surface area contributed by atoms with Crippen LogP contribution in [0.2, 0.25) is 0 Å². The highest BCUT2D eigenvalue weighted by molar-refractivity contribution is 5.94. The lowest BCUT2D eigenvalue weighted by molar-refractivity contribution is -0.129. The zero-order valence-corrected chi connectivity index (χ0v) is 24.2. The first-order valence-electron chi connectivity index (χ1n) is 14.3. The van der Waals surface area contributed by atoms with Gasteiger partial charge in [-0.05, 0) is 38.7 Å².